The number of pyridine rings is 1. The van der Waals surface area contributed by atoms with Gasteiger partial charge in [0.2, 0.25) is 5.91 Å². The summed E-state index contributed by atoms with van der Waals surface area (Å²) >= 11 is 0. The molecule has 3 rings (SSSR count). The molecular formula is C16H17FN2O4S. The third-order valence-corrected chi connectivity index (χ3v) is 5.87. The van der Waals surface area contributed by atoms with E-state index in [-0.39, 0.29) is 41.9 Å². The molecule has 2 N–H and O–H groups in total. The van der Waals surface area contributed by atoms with Gasteiger partial charge in [0.1, 0.15) is 5.82 Å². The first kappa shape index (κ1) is 16.6. The van der Waals surface area contributed by atoms with Crippen molar-refractivity contribution in [2.24, 2.45) is 0 Å². The molecule has 6 nitrogen and oxygen atoms in total. The Bertz CT molecular complexity index is 952. The van der Waals surface area contributed by atoms with E-state index in [1.165, 1.54) is 18.2 Å². The zero-order valence-corrected chi connectivity index (χ0v) is 13.7. The van der Waals surface area contributed by atoms with E-state index in [1.54, 1.807) is 6.07 Å². The van der Waals surface area contributed by atoms with Crippen molar-refractivity contribution in [1.82, 2.24) is 10.3 Å². The van der Waals surface area contributed by atoms with Crippen molar-refractivity contribution < 1.29 is 17.6 Å². The summed E-state index contributed by atoms with van der Waals surface area (Å²) in [5.41, 5.74) is 0.610. The van der Waals surface area contributed by atoms with Crippen molar-refractivity contribution in [2.75, 3.05) is 11.5 Å². The summed E-state index contributed by atoms with van der Waals surface area (Å²) in [6, 6.07) is 5.29. The number of sulfone groups is 1. The van der Waals surface area contributed by atoms with Crippen molar-refractivity contribution in [1.29, 1.82) is 0 Å². The van der Waals surface area contributed by atoms with Gasteiger partial charge in [-0.1, -0.05) is 0 Å². The van der Waals surface area contributed by atoms with Gasteiger partial charge in [0, 0.05) is 28.9 Å². The minimum atomic E-state index is -3.05. The molecule has 1 aliphatic heterocycles. The summed E-state index contributed by atoms with van der Waals surface area (Å²) in [6.07, 6.45) is 0.692. The Hall–Kier alpha value is -2.22. The highest BCUT2D eigenvalue weighted by Crippen LogP contribution is 2.14. The Morgan fingerprint density at radius 3 is 2.83 bits per heavy atom. The van der Waals surface area contributed by atoms with Gasteiger partial charge in [-0.15, -0.1) is 0 Å². The largest absolute Gasteiger partial charge is 0.352 e. The maximum absolute atomic E-state index is 13.3. The lowest BCUT2D eigenvalue weighted by atomic mass is 10.1. The number of H-pyrrole nitrogens is 1. The molecular weight excluding hydrogens is 335 g/mol. The van der Waals surface area contributed by atoms with Crippen LogP contribution >= 0.6 is 0 Å². The van der Waals surface area contributed by atoms with Gasteiger partial charge in [-0.2, -0.15) is 0 Å². The number of amides is 1. The Labute approximate surface area is 138 Å². The second kappa shape index (κ2) is 6.35. The van der Waals surface area contributed by atoms with E-state index >= 15 is 0 Å². The summed E-state index contributed by atoms with van der Waals surface area (Å²) in [7, 11) is -3.05. The number of carbonyl (C=O) groups is 1. The standard InChI is InChI=1S/C16H17FN2O4S/c17-12-2-3-14-11(8-12)7-10(16(21)19-14)1-4-15(20)18-13-5-6-24(22,23)9-13/h2-3,7-8,13H,1,4-6,9H2,(H,18,20)(H,19,21). The van der Waals surface area contributed by atoms with Gasteiger partial charge in [0.25, 0.3) is 5.56 Å². The number of benzene rings is 1. The summed E-state index contributed by atoms with van der Waals surface area (Å²) in [6.45, 7) is 0. The third-order valence-electron chi connectivity index (χ3n) is 4.10. The number of aromatic amines is 1. The lowest BCUT2D eigenvalue weighted by Crippen LogP contribution is -2.35. The molecule has 24 heavy (non-hydrogen) atoms. The average molecular weight is 352 g/mol. The number of nitrogens with one attached hydrogen (secondary N) is 2. The number of aryl methyl sites for hydroxylation is 1. The zero-order valence-electron chi connectivity index (χ0n) is 12.8. The first-order valence-corrected chi connectivity index (χ1v) is 9.46. The quantitative estimate of drug-likeness (QED) is 0.855. The van der Waals surface area contributed by atoms with Crippen LogP contribution in [-0.4, -0.2) is 36.9 Å². The molecule has 1 atom stereocenters. The van der Waals surface area contributed by atoms with Gasteiger partial charge in [-0.3, -0.25) is 9.59 Å². The van der Waals surface area contributed by atoms with Crippen molar-refractivity contribution in [3.8, 4) is 0 Å². The van der Waals surface area contributed by atoms with Gasteiger partial charge in [0.15, 0.2) is 9.84 Å². The molecule has 0 radical (unpaired) electrons. The smallest absolute Gasteiger partial charge is 0.251 e. The van der Waals surface area contributed by atoms with Gasteiger partial charge in [-0.25, -0.2) is 12.8 Å². The monoisotopic (exact) mass is 352 g/mol. The SMILES string of the molecule is O=C(CCc1cc2cc(F)ccc2[nH]c1=O)NC1CCS(=O)(=O)C1. The minimum Gasteiger partial charge on any atom is -0.352 e. The van der Waals surface area contributed by atoms with Crippen molar-refractivity contribution in [2.45, 2.75) is 25.3 Å². The molecule has 2 heterocycles. The molecule has 1 unspecified atom stereocenters. The predicted octanol–water partition coefficient (Wildman–Crippen LogP) is 0.903. The van der Waals surface area contributed by atoms with Gasteiger partial charge >= 0.3 is 0 Å². The van der Waals surface area contributed by atoms with Crippen molar-refractivity contribution in [3.63, 3.8) is 0 Å². The highest BCUT2D eigenvalue weighted by molar-refractivity contribution is 7.91. The van der Waals surface area contributed by atoms with Gasteiger partial charge in [0.05, 0.1) is 11.5 Å². The van der Waals surface area contributed by atoms with Crippen LogP contribution in [0.3, 0.4) is 0 Å². The lowest BCUT2D eigenvalue weighted by molar-refractivity contribution is -0.121. The molecule has 2 aromatic rings. The molecule has 0 bridgehead atoms. The fourth-order valence-electron chi connectivity index (χ4n) is 2.87. The summed E-state index contributed by atoms with van der Waals surface area (Å²) in [4.78, 5) is 26.6. The number of hydrogen-bond acceptors (Lipinski definition) is 4. The van der Waals surface area contributed by atoms with Gasteiger partial charge in [-0.05, 0) is 37.1 Å². The molecule has 1 saturated heterocycles. The second-order valence-electron chi connectivity index (χ2n) is 6.02. The Kier molecular flexibility index (Phi) is 4.40. The van der Waals surface area contributed by atoms with E-state index in [2.05, 4.69) is 10.3 Å². The summed E-state index contributed by atoms with van der Waals surface area (Å²) in [5, 5.41) is 3.24. The third kappa shape index (κ3) is 3.81. The predicted molar refractivity (Wildman–Crippen MR) is 88.0 cm³/mol. The molecule has 0 aliphatic carbocycles. The van der Waals surface area contributed by atoms with Crippen LogP contribution in [0, 0.1) is 5.82 Å². The fourth-order valence-corrected chi connectivity index (χ4v) is 4.54. The second-order valence-corrected chi connectivity index (χ2v) is 8.25. The van der Waals surface area contributed by atoms with Crippen molar-refractivity contribution in [3.05, 3.63) is 46.0 Å². The molecule has 1 amide bonds. The molecule has 128 valence electrons. The van der Waals surface area contributed by atoms with Crippen LogP contribution in [0.5, 0.6) is 0 Å². The molecule has 1 fully saturated rings. The summed E-state index contributed by atoms with van der Waals surface area (Å²) in [5.74, 6) is -0.640. The van der Waals surface area contributed by atoms with Crippen LogP contribution in [-0.2, 0) is 21.1 Å². The molecule has 0 spiro atoms. The van der Waals surface area contributed by atoms with Crippen LogP contribution in [0.25, 0.3) is 10.9 Å². The highest BCUT2D eigenvalue weighted by atomic mass is 32.2. The number of halogens is 1. The van der Waals surface area contributed by atoms with E-state index in [0.717, 1.165) is 0 Å². The zero-order chi connectivity index (χ0) is 17.3. The normalized spacial score (nSPS) is 19.5. The summed E-state index contributed by atoms with van der Waals surface area (Å²) < 4.78 is 36.0. The minimum absolute atomic E-state index is 0.0332. The Balaban J connectivity index is 1.66. The van der Waals surface area contributed by atoms with Crippen LogP contribution in [0.2, 0.25) is 0 Å². The van der Waals surface area contributed by atoms with E-state index in [4.69, 9.17) is 0 Å². The fraction of sp³-hybridized carbons (Fsp3) is 0.375. The van der Waals surface area contributed by atoms with Crippen LogP contribution in [0.4, 0.5) is 4.39 Å². The number of hydrogen-bond donors (Lipinski definition) is 2. The van der Waals surface area contributed by atoms with E-state index in [1.807, 2.05) is 0 Å². The van der Waals surface area contributed by atoms with E-state index in [0.29, 0.717) is 22.9 Å². The first-order valence-electron chi connectivity index (χ1n) is 7.64. The lowest BCUT2D eigenvalue weighted by Gasteiger charge is -2.10. The number of aromatic nitrogens is 1. The Morgan fingerprint density at radius 2 is 2.12 bits per heavy atom. The molecule has 1 aromatic carbocycles. The van der Waals surface area contributed by atoms with Gasteiger partial charge < -0.3 is 10.3 Å². The Morgan fingerprint density at radius 1 is 1.33 bits per heavy atom. The number of carbonyl (C=O) groups excluding carboxylic acids is 1. The highest BCUT2D eigenvalue weighted by Gasteiger charge is 2.28. The number of rotatable bonds is 4. The number of fused-ring (bicyclic) bond motifs is 1. The maximum atomic E-state index is 13.3. The molecule has 1 aliphatic rings. The van der Waals surface area contributed by atoms with Crippen LogP contribution < -0.4 is 10.9 Å². The first-order chi connectivity index (χ1) is 11.3. The van der Waals surface area contributed by atoms with Crippen LogP contribution in [0.1, 0.15) is 18.4 Å². The van der Waals surface area contributed by atoms with Crippen LogP contribution in [0.15, 0.2) is 29.1 Å². The maximum Gasteiger partial charge on any atom is 0.251 e. The molecule has 0 saturated carbocycles. The topological polar surface area (TPSA) is 96.1 Å². The van der Waals surface area contributed by atoms with Crippen molar-refractivity contribution >= 4 is 26.6 Å². The van der Waals surface area contributed by atoms with E-state index in [9.17, 15) is 22.4 Å². The van der Waals surface area contributed by atoms with E-state index < -0.39 is 15.7 Å². The average Bonchev–Trinajstić information content (AvgIpc) is 2.84. The molecule has 8 heteroatoms. The molecule has 1 aromatic heterocycles.